The molecule has 1 amide bonds. The topological polar surface area (TPSA) is 29.1 Å². The fraction of sp³-hybridized carbons (Fsp3) is 0. The summed E-state index contributed by atoms with van der Waals surface area (Å²) in [6, 6.07) is 28.1. The van der Waals surface area contributed by atoms with Crippen LogP contribution in [0.5, 0.6) is 0 Å². The Labute approximate surface area is 146 Å². The van der Waals surface area contributed by atoms with Crippen LogP contribution < -0.4 is 5.32 Å². The van der Waals surface area contributed by atoms with Crippen molar-refractivity contribution < 1.29 is 4.79 Å². The van der Waals surface area contributed by atoms with Crippen LogP contribution in [0.2, 0.25) is 0 Å². The van der Waals surface area contributed by atoms with Gasteiger partial charge < -0.3 is 0 Å². The first-order valence-electron chi connectivity index (χ1n) is 7.76. The van der Waals surface area contributed by atoms with E-state index in [1.165, 1.54) is 9.65 Å². The number of carbonyl (C=O) groups excluding carboxylic acids is 1. The zero-order chi connectivity index (χ0) is 16.4. The Bertz CT molecular complexity index is 990. The van der Waals surface area contributed by atoms with Gasteiger partial charge in [0, 0.05) is 0 Å². The Morgan fingerprint density at radius 3 is 2.12 bits per heavy atom. The van der Waals surface area contributed by atoms with Crippen LogP contribution in [0.15, 0.2) is 84.9 Å². The number of carbonyl (C=O) groups is 1. The SMILES string of the molecule is O=C(Nc1[se]c2ccccc2c1-c1ccccc1)c1ccccc1. The molecule has 0 atom stereocenters. The summed E-state index contributed by atoms with van der Waals surface area (Å²) in [4.78, 5) is 12.6. The van der Waals surface area contributed by atoms with Crippen molar-refractivity contribution in [1.82, 2.24) is 0 Å². The van der Waals surface area contributed by atoms with Gasteiger partial charge in [-0.1, -0.05) is 0 Å². The molecule has 0 radical (unpaired) electrons. The molecule has 0 saturated carbocycles. The third-order valence-electron chi connectivity index (χ3n) is 3.92. The van der Waals surface area contributed by atoms with Crippen LogP contribution in [0.3, 0.4) is 0 Å². The van der Waals surface area contributed by atoms with Crippen molar-refractivity contribution in [2.75, 3.05) is 5.32 Å². The number of nitrogens with one attached hydrogen (secondary N) is 1. The monoisotopic (exact) mass is 377 g/mol. The number of hydrogen-bond acceptors (Lipinski definition) is 1. The molecule has 3 aromatic carbocycles. The van der Waals surface area contributed by atoms with E-state index in [-0.39, 0.29) is 20.4 Å². The number of amides is 1. The average molecular weight is 376 g/mol. The van der Waals surface area contributed by atoms with E-state index in [2.05, 4.69) is 41.7 Å². The molecule has 4 aromatic rings. The van der Waals surface area contributed by atoms with E-state index < -0.39 is 0 Å². The quantitative estimate of drug-likeness (QED) is 0.511. The van der Waals surface area contributed by atoms with Crippen LogP contribution in [0.25, 0.3) is 20.8 Å². The van der Waals surface area contributed by atoms with Gasteiger partial charge >= 0.3 is 146 Å². The minimum atomic E-state index is -0.0475. The van der Waals surface area contributed by atoms with Gasteiger partial charge in [-0.2, -0.15) is 0 Å². The van der Waals surface area contributed by atoms with Gasteiger partial charge in [0.05, 0.1) is 0 Å². The molecule has 0 bridgehead atoms. The Kier molecular flexibility index (Phi) is 4.04. The molecule has 1 heterocycles. The van der Waals surface area contributed by atoms with Crippen molar-refractivity contribution in [1.29, 1.82) is 0 Å². The summed E-state index contributed by atoms with van der Waals surface area (Å²) in [6.07, 6.45) is 0. The summed E-state index contributed by atoms with van der Waals surface area (Å²) in [6.45, 7) is 0. The number of anilines is 1. The standard InChI is InChI=1S/C21H15NOSe/c23-20(16-11-5-2-6-12-16)22-21-19(15-9-3-1-4-10-15)17-13-7-8-14-18(17)24-21/h1-14H,(H,22,23). The van der Waals surface area contributed by atoms with Crippen molar-refractivity contribution in [3.63, 3.8) is 0 Å². The van der Waals surface area contributed by atoms with Crippen molar-refractivity contribution in [2.24, 2.45) is 0 Å². The van der Waals surface area contributed by atoms with E-state index in [0.717, 1.165) is 15.7 Å². The first kappa shape index (κ1) is 14.9. The molecule has 1 N–H and O–H groups in total. The second-order valence-corrected chi connectivity index (χ2v) is 7.70. The van der Waals surface area contributed by atoms with Crippen LogP contribution in [-0.4, -0.2) is 20.4 Å². The Balaban J connectivity index is 1.82. The van der Waals surface area contributed by atoms with Crippen molar-refractivity contribution in [2.45, 2.75) is 0 Å². The number of hydrogen-bond donors (Lipinski definition) is 1. The molecule has 0 spiro atoms. The van der Waals surface area contributed by atoms with Gasteiger partial charge in [-0.15, -0.1) is 0 Å². The molecule has 0 saturated heterocycles. The number of fused-ring (bicyclic) bond motifs is 1. The fourth-order valence-electron chi connectivity index (χ4n) is 2.79. The van der Waals surface area contributed by atoms with Crippen LogP contribution >= 0.6 is 0 Å². The zero-order valence-electron chi connectivity index (χ0n) is 12.9. The predicted octanol–water partition coefficient (Wildman–Crippen LogP) is 4.82. The molecule has 3 heteroatoms. The van der Waals surface area contributed by atoms with E-state index in [4.69, 9.17) is 0 Å². The van der Waals surface area contributed by atoms with E-state index in [0.29, 0.717) is 5.56 Å². The molecular weight excluding hydrogens is 361 g/mol. The van der Waals surface area contributed by atoms with E-state index in [9.17, 15) is 4.79 Å². The molecule has 4 rings (SSSR count). The molecule has 0 aliphatic heterocycles. The third-order valence-corrected chi connectivity index (χ3v) is 6.20. The fourth-order valence-corrected chi connectivity index (χ4v) is 5.14. The van der Waals surface area contributed by atoms with Gasteiger partial charge in [0.2, 0.25) is 0 Å². The van der Waals surface area contributed by atoms with Crippen LogP contribution in [-0.2, 0) is 0 Å². The Hall–Kier alpha value is -2.61. The normalized spacial score (nSPS) is 10.7. The van der Waals surface area contributed by atoms with Gasteiger partial charge in [-0.3, -0.25) is 0 Å². The summed E-state index contributed by atoms with van der Waals surface area (Å²) in [5.41, 5.74) is 2.98. The Morgan fingerprint density at radius 1 is 0.750 bits per heavy atom. The molecule has 0 unspecified atom stereocenters. The maximum atomic E-state index is 12.6. The van der Waals surface area contributed by atoms with Gasteiger partial charge in [0.25, 0.3) is 0 Å². The Morgan fingerprint density at radius 2 is 1.38 bits per heavy atom. The van der Waals surface area contributed by atoms with Crippen LogP contribution in [0.4, 0.5) is 4.56 Å². The maximum absolute atomic E-state index is 12.6. The minimum absolute atomic E-state index is 0.0475. The van der Waals surface area contributed by atoms with Crippen LogP contribution in [0, 0.1) is 0 Å². The number of benzene rings is 3. The van der Waals surface area contributed by atoms with Crippen molar-refractivity contribution in [3.8, 4) is 11.1 Å². The molecule has 2 nitrogen and oxygen atoms in total. The average Bonchev–Trinajstić information content (AvgIpc) is 3.01. The van der Waals surface area contributed by atoms with Crippen molar-refractivity contribution >= 4 is 34.6 Å². The van der Waals surface area contributed by atoms with E-state index in [1.807, 2.05) is 48.5 Å². The van der Waals surface area contributed by atoms with Crippen molar-refractivity contribution in [3.05, 3.63) is 90.5 Å². The first-order chi connectivity index (χ1) is 11.8. The molecule has 0 aliphatic carbocycles. The molecule has 1 aromatic heterocycles. The summed E-state index contributed by atoms with van der Waals surface area (Å²) in [7, 11) is 0. The zero-order valence-corrected chi connectivity index (χ0v) is 14.6. The summed E-state index contributed by atoms with van der Waals surface area (Å²) in [5, 5.41) is 4.39. The van der Waals surface area contributed by atoms with E-state index in [1.54, 1.807) is 0 Å². The van der Waals surface area contributed by atoms with Gasteiger partial charge in [0.15, 0.2) is 0 Å². The number of rotatable bonds is 3. The second-order valence-electron chi connectivity index (χ2n) is 5.49. The summed E-state index contributed by atoms with van der Waals surface area (Å²) in [5.74, 6) is -0.0475. The molecule has 0 fully saturated rings. The van der Waals surface area contributed by atoms with Crippen LogP contribution in [0.1, 0.15) is 10.4 Å². The summed E-state index contributed by atoms with van der Waals surface area (Å²) >= 11 is 0.103. The molecule has 0 aliphatic rings. The molecular formula is C21H15NOSe. The first-order valence-corrected chi connectivity index (χ1v) is 9.47. The second kappa shape index (κ2) is 6.48. The van der Waals surface area contributed by atoms with E-state index >= 15 is 0 Å². The molecule has 24 heavy (non-hydrogen) atoms. The third kappa shape index (κ3) is 2.80. The van der Waals surface area contributed by atoms with Gasteiger partial charge in [-0.25, -0.2) is 0 Å². The van der Waals surface area contributed by atoms with Gasteiger partial charge in [-0.05, 0) is 0 Å². The predicted molar refractivity (Wildman–Crippen MR) is 101 cm³/mol. The molecule has 116 valence electrons. The summed E-state index contributed by atoms with van der Waals surface area (Å²) < 4.78 is 2.34. The van der Waals surface area contributed by atoms with Gasteiger partial charge in [0.1, 0.15) is 0 Å².